The lowest BCUT2D eigenvalue weighted by molar-refractivity contribution is 0.289. The van der Waals surface area contributed by atoms with Gasteiger partial charge in [0.25, 0.3) is 0 Å². The maximum atomic E-state index is 3.50. The molecule has 0 spiro atoms. The summed E-state index contributed by atoms with van der Waals surface area (Å²) in [6, 6.07) is 0.722. The first kappa shape index (κ1) is 9.61. The van der Waals surface area contributed by atoms with Crippen LogP contribution in [0.25, 0.3) is 0 Å². The smallest absolute Gasteiger partial charge is 0.0578 e. The normalized spacial score (nSPS) is 29.2. The highest BCUT2D eigenvalue weighted by Crippen LogP contribution is 2.23. The minimum atomic E-state index is 0.722. The summed E-state index contributed by atoms with van der Waals surface area (Å²) in [7, 11) is 0. The SMILES string of the molecule is CC#CCNC1CCCCC1C. The Morgan fingerprint density at radius 2 is 2.08 bits per heavy atom. The Hall–Kier alpha value is -0.480. The lowest BCUT2D eigenvalue weighted by atomic mass is 9.86. The van der Waals surface area contributed by atoms with Gasteiger partial charge in [-0.3, -0.25) is 0 Å². The van der Waals surface area contributed by atoms with Gasteiger partial charge in [0.1, 0.15) is 0 Å². The largest absolute Gasteiger partial charge is 0.303 e. The van der Waals surface area contributed by atoms with Gasteiger partial charge in [-0.1, -0.05) is 25.7 Å². The average molecular weight is 165 g/mol. The molecule has 1 heteroatoms. The summed E-state index contributed by atoms with van der Waals surface area (Å²) in [4.78, 5) is 0. The summed E-state index contributed by atoms with van der Waals surface area (Å²) in [6.07, 6.45) is 5.53. The van der Waals surface area contributed by atoms with Crippen LogP contribution < -0.4 is 5.32 Å². The summed E-state index contributed by atoms with van der Waals surface area (Å²) >= 11 is 0. The van der Waals surface area contributed by atoms with Gasteiger partial charge in [-0.2, -0.15) is 0 Å². The zero-order valence-corrected chi connectivity index (χ0v) is 8.19. The van der Waals surface area contributed by atoms with Gasteiger partial charge in [0.05, 0.1) is 6.54 Å². The maximum Gasteiger partial charge on any atom is 0.0578 e. The van der Waals surface area contributed by atoms with Crippen molar-refractivity contribution in [3.05, 3.63) is 0 Å². The van der Waals surface area contributed by atoms with Gasteiger partial charge >= 0.3 is 0 Å². The zero-order valence-electron chi connectivity index (χ0n) is 8.19. The molecule has 0 radical (unpaired) electrons. The molecule has 2 atom stereocenters. The lowest BCUT2D eigenvalue weighted by Crippen LogP contribution is -2.37. The van der Waals surface area contributed by atoms with Gasteiger partial charge in [-0.25, -0.2) is 0 Å². The second-order valence-corrected chi connectivity index (χ2v) is 3.68. The molecule has 1 fully saturated rings. The van der Waals surface area contributed by atoms with Crippen LogP contribution in [-0.2, 0) is 0 Å². The summed E-state index contributed by atoms with van der Waals surface area (Å²) in [5.41, 5.74) is 0. The van der Waals surface area contributed by atoms with Crippen LogP contribution in [0.5, 0.6) is 0 Å². The first-order valence-corrected chi connectivity index (χ1v) is 4.97. The van der Waals surface area contributed by atoms with Gasteiger partial charge in [0.15, 0.2) is 0 Å². The van der Waals surface area contributed by atoms with E-state index in [2.05, 4.69) is 24.1 Å². The van der Waals surface area contributed by atoms with Crippen molar-refractivity contribution < 1.29 is 0 Å². The molecule has 1 saturated carbocycles. The van der Waals surface area contributed by atoms with E-state index in [4.69, 9.17) is 0 Å². The van der Waals surface area contributed by atoms with Crippen LogP contribution in [0.1, 0.15) is 39.5 Å². The monoisotopic (exact) mass is 165 g/mol. The van der Waals surface area contributed by atoms with E-state index in [0.717, 1.165) is 18.5 Å². The van der Waals surface area contributed by atoms with E-state index < -0.39 is 0 Å². The topological polar surface area (TPSA) is 12.0 Å². The van der Waals surface area contributed by atoms with Crippen LogP contribution in [-0.4, -0.2) is 12.6 Å². The summed E-state index contributed by atoms with van der Waals surface area (Å²) < 4.78 is 0. The fourth-order valence-electron chi connectivity index (χ4n) is 1.89. The second-order valence-electron chi connectivity index (χ2n) is 3.68. The standard InChI is InChI=1S/C11H19N/c1-3-4-9-12-11-8-6-5-7-10(11)2/h10-12H,5-9H2,1-2H3. The first-order valence-electron chi connectivity index (χ1n) is 4.97. The predicted molar refractivity (Wildman–Crippen MR) is 52.9 cm³/mol. The van der Waals surface area contributed by atoms with Crippen molar-refractivity contribution in [1.29, 1.82) is 0 Å². The third-order valence-corrected chi connectivity index (χ3v) is 2.74. The molecular formula is C11H19N. The predicted octanol–water partition coefficient (Wildman–Crippen LogP) is 2.18. The minimum Gasteiger partial charge on any atom is -0.303 e. The van der Waals surface area contributed by atoms with Crippen LogP contribution >= 0.6 is 0 Å². The van der Waals surface area contributed by atoms with Crippen LogP contribution in [0.3, 0.4) is 0 Å². The molecule has 0 heterocycles. The van der Waals surface area contributed by atoms with Crippen LogP contribution in [0, 0.1) is 17.8 Å². The Morgan fingerprint density at radius 3 is 2.75 bits per heavy atom. The molecule has 0 aliphatic heterocycles. The van der Waals surface area contributed by atoms with Gasteiger partial charge < -0.3 is 5.32 Å². The minimum absolute atomic E-state index is 0.722. The van der Waals surface area contributed by atoms with Crippen molar-refractivity contribution in [2.45, 2.75) is 45.6 Å². The molecule has 1 aliphatic rings. The number of rotatable bonds is 2. The van der Waals surface area contributed by atoms with E-state index in [1.165, 1.54) is 25.7 Å². The molecular weight excluding hydrogens is 146 g/mol. The third-order valence-electron chi connectivity index (χ3n) is 2.74. The molecule has 1 rings (SSSR count). The second kappa shape index (κ2) is 5.22. The molecule has 1 aliphatic carbocycles. The van der Waals surface area contributed by atoms with Crippen molar-refractivity contribution in [2.24, 2.45) is 5.92 Å². The van der Waals surface area contributed by atoms with E-state index >= 15 is 0 Å². The van der Waals surface area contributed by atoms with Crippen molar-refractivity contribution in [1.82, 2.24) is 5.32 Å². The number of hydrogen-bond donors (Lipinski definition) is 1. The molecule has 1 N–H and O–H groups in total. The molecule has 0 saturated heterocycles. The van der Waals surface area contributed by atoms with Gasteiger partial charge in [-0.15, -0.1) is 5.92 Å². The zero-order chi connectivity index (χ0) is 8.81. The Balaban J connectivity index is 2.23. The van der Waals surface area contributed by atoms with Crippen LogP contribution in [0.2, 0.25) is 0 Å². The third kappa shape index (κ3) is 2.87. The van der Waals surface area contributed by atoms with Crippen molar-refractivity contribution >= 4 is 0 Å². The Kier molecular flexibility index (Phi) is 4.18. The Bertz CT molecular complexity index is 175. The maximum absolute atomic E-state index is 3.50. The fraction of sp³-hybridized carbons (Fsp3) is 0.818. The average Bonchev–Trinajstić information content (AvgIpc) is 2.09. The molecule has 12 heavy (non-hydrogen) atoms. The Morgan fingerprint density at radius 1 is 1.33 bits per heavy atom. The van der Waals surface area contributed by atoms with E-state index in [1.54, 1.807) is 0 Å². The Labute approximate surface area is 75.9 Å². The highest BCUT2D eigenvalue weighted by Gasteiger charge is 2.19. The van der Waals surface area contributed by atoms with E-state index in [9.17, 15) is 0 Å². The highest BCUT2D eigenvalue weighted by molar-refractivity contribution is 4.98. The first-order chi connectivity index (χ1) is 5.84. The highest BCUT2D eigenvalue weighted by atomic mass is 14.9. The van der Waals surface area contributed by atoms with E-state index in [1.807, 2.05) is 6.92 Å². The molecule has 0 amide bonds. The summed E-state index contributed by atoms with van der Waals surface area (Å²) in [6.45, 7) is 5.10. The van der Waals surface area contributed by atoms with Crippen LogP contribution in [0.15, 0.2) is 0 Å². The van der Waals surface area contributed by atoms with Crippen molar-refractivity contribution in [3.63, 3.8) is 0 Å². The van der Waals surface area contributed by atoms with E-state index in [0.29, 0.717) is 0 Å². The fourth-order valence-corrected chi connectivity index (χ4v) is 1.89. The van der Waals surface area contributed by atoms with Gasteiger partial charge in [-0.05, 0) is 25.7 Å². The summed E-state index contributed by atoms with van der Waals surface area (Å²) in [5, 5.41) is 3.50. The molecule has 0 bridgehead atoms. The molecule has 2 unspecified atom stereocenters. The summed E-state index contributed by atoms with van der Waals surface area (Å²) in [5.74, 6) is 6.81. The van der Waals surface area contributed by atoms with E-state index in [-0.39, 0.29) is 0 Å². The van der Waals surface area contributed by atoms with Crippen molar-refractivity contribution in [2.75, 3.05) is 6.54 Å². The molecule has 0 aromatic carbocycles. The lowest BCUT2D eigenvalue weighted by Gasteiger charge is -2.28. The number of nitrogens with one attached hydrogen (secondary N) is 1. The van der Waals surface area contributed by atoms with Gasteiger partial charge in [0, 0.05) is 6.04 Å². The van der Waals surface area contributed by atoms with Crippen LogP contribution in [0.4, 0.5) is 0 Å². The van der Waals surface area contributed by atoms with Crippen molar-refractivity contribution in [3.8, 4) is 11.8 Å². The molecule has 0 aromatic rings. The van der Waals surface area contributed by atoms with Gasteiger partial charge in [0.2, 0.25) is 0 Å². The molecule has 0 aromatic heterocycles. The number of hydrogen-bond acceptors (Lipinski definition) is 1. The quantitative estimate of drug-likeness (QED) is 0.618. The molecule has 1 nitrogen and oxygen atoms in total. The molecule has 68 valence electrons.